The second-order valence-electron chi connectivity index (χ2n) is 7.24. The molecule has 1 aliphatic rings. The molecule has 4 nitrogen and oxygen atoms in total. The van der Waals surface area contributed by atoms with Crippen LogP contribution in [0.5, 0.6) is 0 Å². The van der Waals surface area contributed by atoms with Crippen LogP contribution < -0.4 is 5.32 Å². The van der Waals surface area contributed by atoms with Crippen molar-refractivity contribution < 1.29 is 27.9 Å². The summed E-state index contributed by atoms with van der Waals surface area (Å²) in [4.78, 5) is 23.6. The van der Waals surface area contributed by atoms with Crippen molar-refractivity contribution in [2.75, 3.05) is 0 Å². The fraction of sp³-hybridized carbons (Fsp3) is 0.579. The average molecular weight is 371 g/mol. The van der Waals surface area contributed by atoms with Crippen LogP contribution in [0.25, 0.3) is 0 Å². The first-order valence-corrected chi connectivity index (χ1v) is 8.80. The number of carbonyl (C=O) groups excluding carboxylic acids is 1. The molecule has 1 saturated carbocycles. The molecule has 0 spiro atoms. The predicted octanol–water partition coefficient (Wildman–Crippen LogP) is 4.41. The van der Waals surface area contributed by atoms with Crippen LogP contribution in [0.3, 0.4) is 0 Å². The van der Waals surface area contributed by atoms with E-state index < -0.39 is 23.6 Å². The van der Waals surface area contributed by atoms with Crippen molar-refractivity contribution in [3.05, 3.63) is 35.4 Å². The summed E-state index contributed by atoms with van der Waals surface area (Å²) in [7, 11) is 0. The molecule has 1 amide bonds. The lowest BCUT2D eigenvalue weighted by atomic mass is 9.81. The number of hydrogen-bond acceptors (Lipinski definition) is 2. The third-order valence-corrected chi connectivity index (χ3v) is 5.01. The third kappa shape index (κ3) is 4.99. The molecule has 1 atom stereocenters. The van der Waals surface area contributed by atoms with E-state index in [9.17, 15) is 22.8 Å². The van der Waals surface area contributed by atoms with Gasteiger partial charge < -0.3 is 10.4 Å². The van der Waals surface area contributed by atoms with E-state index in [1.807, 2.05) is 13.8 Å². The molecule has 0 bridgehead atoms. The Bertz CT molecular complexity index is 632. The summed E-state index contributed by atoms with van der Waals surface area (Å²) in [6.45, 7) is 3.79. The number of hydrogen-bond donors (Lipinski definition) is 2. The first-order chi connectivity index (χ1) is 12.1. The summed E-state index contributed by atoms with van der Waals surface area (Å²) in [5, 5.41) is 12.0. The molecule has 0 aromatic heterocycles. The van der Waals surface area contributed by atoms with Crippen molar-refractivity contribution in [3.63, 3.8) is 0 Å². The Morgan fingerprint density at radius 2 is 1.54 bits per heavy atom. The van der Waals surface area contributed by atoms with E-state index in [2.05, 4.69) is 5.32 Å². The number of aliphatic carboxylic acids is 1. The van der Waals surface area contributed by atoms with Crippen molar-refractivity contribution in [1.29, 1.82) is 0 Å². The molecule has 1 aromatic carbocycles. The van der Waals surface area contributed by atoms with Gasteiger partial charge in [0.2, 0.25) is 5.91 Å². The molecule has 0 aliphatic heterocycles. The summed E-state index contributed by atoms with van der Waals surface area (Å²) in [6, 6.07) is 4.45. The molecule has 1 aromatic rings. The van der Waals surface area contributed by atoms with Crippen molar-refractivity contribution in [1.82, 2.24) is 5.32 Å². The molecule has 144 valence electrons. The third-order valence-electron chi connectivity index (χ3n) is 5.01. The second kappa shape index (κ2) is 8.10. The number of alkyl halides is 3. The highest BCUT2D eigenvalue weighted by Crippen LogP contribution is 2.32. The Morgan fingerprint density at radius 1 is 1.04 bits per heavy atom. The Labute approximate surface area is 150 Å². The standard InChI is InChI=1S/C19H24F3NO3/c1-11(2)16(12-7-9-15(10-8-12)19(20,21)22)23-17(24)13-3-5-14(6-4-13)18(25)26/h7-11,13-14,16H,3-6H2,1-2H3,(H,23,24)(H,25,26). The van der Waals surface area contributed by atoms with Gasteiger partial charge in [0.05, 0.1) is 17.5 Å². The first kappa shape index (κ1) is 20.3. The molecule has 1 fully saturated rings. The number of nitrogens with one attached hydrogen (secondary N) is 1. The summed E-state index contributed by atoms with van der Waals surface area (Å²) in [5.74, 6) is -1.62. The molecule has 2 N–H and O–H groups in total. The molecule has 1 aliphatic carbocycles. The maximum Gasteiger partial charge on any atom is 0.416 e. The van der Waals surface area contributed by atoms with Crippen molar-refractivity contribution in [2.45, 2.75) is 51.7 Å². The molecule has 2 rings (SSSR count). The van der Waals surface area contributed by atoms with E-state index in [-0.39, 0.29) is 23.8 Å². The zero-order valence-corrected chi connectivity index (χ0v) is 14.8. The number of rotatable bonds is 5. The fourth-order valence-electron chi connectivity index (χ4n) is 3.39. The highest BCUT2D eigenvalue weighted by molar-refractivity contribution is 5.79. The van der Waals surface area contributed by atoms with Gasteiger partial charge in [0.1, 0.15) is 0 Å². The summed E-state index contributed by atoms with van der Waals surface area (Å²) < 4.78 is 38.1. The van der Waals surface area contributed by atoms with E-state index in [1.165, 1.54) is 12.1 Å². The minimum Gasteiger partial charge on any atom is -0.481 e. The number of benzene rings is 1. The van der Waals surface area contributed by atoms with Gasteiger partial charge >= 0.3 is 12.1 Å². The average Bonchev–Trinajstić information content (AvgIpc) is 2.58. The summed E-state index contributed by atoms with van der Waals surface area (Å²) in [6.07, 6.45) is -2.42. The van der Waals surface area contributed by atoms with E-state index in [4.69, 9.17) is 5.11 Å². The Kier molecular flexibility index (Phi) is 6.31. The topological polar surface area (TPSA) is 66.4 Å². The second-order valence-corrected chi connectivity index (χ2v) is 7.24. The minimum absolute atomic E-state index is 0.00560. The van der Waals surface area contributed by atoms with Gasteiger partial charge in [-0.3, -0.25) is 9.59 Å². The van der Waals surface area contributed by atoms with Gasteiger partial charge in [-0.2, -0.15) is 13.2 Å². The molecular weight excluding hydrogens is 347 g/mol. The van der Waals surface area contributed by atoms with Crippen LogP contribution in [-0.4, -0.2) is 17.0 Å². The van der Waals surface area contributed by atoms with Gasteiger partial charge in [-0.25, -0.2) is 0 Å². The van der Waals surface area contributed by atoms with Gasteiger partial charge in [0, 0.05) is 5.92 Å². The van der Waals surface area contributed by atoms with E-state index in [0.717, 1.165) is 12.1 Å². The highest BCUT2D eigenvalue weighted by atomic mass is 19.4. The zero-order valence-electron chi connectivity index (χ0n) is 14.8. The predicted molar refractivity (Wildman–Crippen MR) is 90.2 cm³/mol. The van der Waals surface area contributed by atoms with E-state index in [1.54, 1.807) is 0 Å². The molecular formula is C19H24F3NO3. The Hall–Kier alpha value is -2.05. The number of carboxylic acid groups (broad SMARTS) is 1. The van der Waals surface area contributed by atoms with Gasteiger partial charge in [-0.15, -0.1) is 0 Å². The Balaban J connectivity index is 2.04. The lowest BCUT2D eigenvalue weighted by Gasteiger charge is -2.29. The number of carbonyl (C=O) groups is 2. The lowest BCUT2D eigenvalue weighted by Crippen LogP contribution is -2.38. The minimum atomic E-state index is -4.39. The van der Waals surface area contributed by atoms with Gasteiger partial charge in [0.15, 0.2) is 0 Å². The molecule has 26 heavy (non-hydrogen) atoms. The van der Waals surface area contributed by atoms with Gasteiger partial charge in [0.25, 0.3) is 0 Å². The highest BCUT2D eigenvalue weighted by Gasteiger charge is 2.32. The van der Waals surface area contributed by atoms with Crippen LogP contribution in [0.15, 0.2) is 24.3 Å². The lowest BCUT2D eigenvalue weighted by molar-refractivity contribution is -0.144. The van der Waals surface area contributed by atoms with Crippen LogP contribution in [0.1, 0.15) is 56.7 Å². The summed E-state index contributed by atoms with van der Waals surface area (Å²) in [5.41, 5.74) is -0.0948. The monoisotopic (exact) mass is 371 g/mol. The number of halogens is 3. The fourth-order valence-corrected chi connectivity index (χ4v) is 3.39. The maximum atomic E-state index is 12.7. The molecule has 1 unspecified atom stereocenters. The quantitative estimate of drug-likeness (QED) is 0.806. The maximum absolute atomic E-state index is 12.7. The largest absolute Gasteiger partial charge is 0.481 e. The zero-order chi connectivity index (χ0) is 19.5. The molecule has 0 saturated heterocycles. The SMILES string of the molecule is CC(C)C(NC(=O)C1CCC(C(=O)O)CC1)c1ccc(C(F)(F)F)cc1. The first-order valence-electron chi connectivity index (χ1n) is 8.80. The van der Waals surface area contributed by atoms with Crippen molar-refractivity contribution in [3.8, 4) is 0 Å². The summed E-state index contributed by atoms with van der Waals surface area (Å²) >= 11 is 0. The molecule has 0 heterocycles. The van der Waals surface area contributed by atoms with Gasteiger partial charge in [-0.1, -0.05) is 26.0 Å². The van der Waals surface area contributed by atoms with E-state index in [0.29, 0.717) is 31.2 Å². The van der Waals surface area contributed by atoms with Crippen molar-refractivity contribution in [2.24, 2.45) is 17.8 Å². The van der Waals surface area contributed by atoms with Crippen LogP contribution in [0.4, 0.5) is 13.2 Å². The van der Waals surface area contributed by atoms with Crippen LogP contribution >= 0.6 is 0 Å². The number of amides is 1. The van der Waals surface area contributed by atoms with E-state index >= 15 is 0 Å². The van der Waals surface area contributed by atoms with Crippen LogP contribution in [0.2, 0.25) is 0 Å². The van der Waals surface area contributed by atoms with Crippen molar-refractivity contribution >= 4 is 11.9 Å². The normalized spacial score (nSPS) is 22.1. The Morgan fingerprint density at radius 3 is 1.96 bits per heavy atom. The number of carboxylic acids is 1. The molecule has 0 radical (unpaired) electrons. The van der Waals surface area contributed by atoms with Crippen LogP contribution in [-0.2, 0) is 15.8 Å². The smallest absolute Gasteiger partial charge is 0.416 e. The van der Waals surface area contributed by atoms with Crippen LogP contribution in [0, 0.1) is 17.8 Å². The molecule has 7 heteroatoms. The van der Waals surface area contributed by atoms with Gasteiger partial charge in [-0.05, 0) is 49.3 Å².